The lowest BCUT2D eigenvalue weighted by Gasteiger charge is -2.03. The molecule has 0 amide bonds. The van der Waals surface area contributed by atoms with Crippen molar-refractivity contribution >= 4 is 0 Å². The maximum Gasteiger partial charge on any atom is 0.258 e. The second-order valence-corrected chi connectivity index (χ2v) is 6.24. The van der Waals surface area contributed by atoms with Crippen LogP contribution in [-0.4, -0.2) is 4.98 Å². The van der Waals surface area contributed by atoms with Crippen LogP contribution in [-0.2, 0) is 13.0 Å². The molecule has 120 valence electrons. The number of benzene rings is 1. The molecule has 2 rings (SSSR count). The fraction of sp³-hybridized carbons (Fsp3) is 0.550. The van der Waals surface area contributed by atoms with E-state index in [9.17, 15) is 0 Å². The van der Waals surface area contributed by atoms with Gasteiger partial charge in [-0.1, -0.05) is 75.8 Å². The number of hydrogen-bond donors (Lipinski definition) is 1. The Bertz CT molecular complexity index is 501. The van der Waals surface area contributed by atoms with E-state index >= 15 is 0 Å². The molecule has 2 aromatic rings. The summed E-state index contributed by atoms with van der Waals surface area (Å²) in [6, 6.07) is 10.7. The van der Waals surface area contributed by atoms with Crippen LogP contribution in [0.25, 0.3) is 0 Å². The number of nitrogens with zero attached hydrogens (tertiary/aromatic N) is 1. The molecule has 0 fully saturated rings. The summed E-state index contributed by atoms with van der Waals surface area (Å²) in [6.07, 6.45) is 16.3. The first-order valence-corrected chi connectivity index (χ1v) is 8.99. The molecule has 22 heavy (non-hydrogen) atoms. The van der Waals surface area contributed by atoms with E-state index < -0.39 is 0 Å². The molecule has 0 radical (unpaired) electrons. The summed E-state index contributed by atoms with van der Waals surface area (Å²) < 4.78 is 2.38. The third kappa shape index (κ3) is 6.05. The van der Waals surface area contributed by atoms with E-state index in [0.29, 0.717) is 0 Å². The molecule has 1 N–H and O–H groups in total. The summed E-state index contributed by atoms with van der Waals surface area (Å²) in [7, 11) is 0. The van der Waals surface area contributed by atoms with Crippen LogP contribution < -0.4 is 4.57 Å². The van der Waals surface area contributed by atoms with Crippen LogP contribution >= 0.6 is 0 Å². The Morgan fingerprint density at radius 3 is 2.27 bits per heavy atom. The van der Waals surface area contributed by atoms with Crippen LogP contribution in [0.15, 0.2) is 42.7 Å². The highest BCUT2D eigenvalue weighted by molar-refractivity contribution is 5.17. The molecule has 2 heteroatoms. The molecule has 0 spiro atoms. The van der Waals surface area contributed by atoms with Crippen molar-refractivity contribution in [2.24, 2.45) is 0 Å². The number of unbranched alkanes of at least 4 members (excludes halogenated alkanes) is 7. The first kappa shape index (κ1) is 16.8. The fourth-order valence-electron chi connectivity index (χ4n) is 2.96. The summed E-state index contributed by atoms with van der Waals surface area (Å²) in [5, 5.41) is 0. The van der Waals surface area contributed by atoms with E-state index in [2.05, 4.69) is 59.2 Å². The van der Waals surface area contributed by atoms with Crippen LogP contribution in [0.5, 0.6) is 0 Å². The number of rotatable bonds is 11. The molecule has 0 atom stereocenters. The van der Waals surface area contributed by atoms with E-state index in [4.69, 9.17) is 0 Å². The van der Waals surface area contributed by atoms with Crippen molar-refractivity contribution in [3.63, 3.8) is 0 Å². The molecule has 1 heterocycles. The fourth-order valence-corrected chi connectivity index (χ4v) is 2.96. The number of aryl methyl sites for hydroxylation is 1. The summed E-state index contributed by atoms with van der Waals surface area (Å²) in [5.74, 6) is 1.31. The number of aromatic nitrogens is 2. The lowest BCUT2D eigenvalue weighted by Crippen LogP contribution is -2.36. The topological polar surface area (TPSA) is 19.7 Å². The SMILES string of the molecule is CCCCCCCCCC[n+]1cc[nH]c1Cc1ccccc1. The monoisotopic (exact) mass is 299 g/mol. The first-order chi connectivity index (χ1) is 10.9. The smallest absolute Gasteiger partial charge is 0.247 e. The Morgan fingerprint density at radius 1 is 0.864 bits per heavy atom. The molecular formula is C20H31N2+. The normalized spacial score (nSPS) is 11.0. The molecule has 0 aliphatic rings. The molecule has 0 aliphatic heterocycles. The van der Waals surface area contributed by atoms with Gasteiger partial charge in [0.25, 0.3) is 5.82 Å². The second kappa shape index (κ2) is 10.2. The zero-order valence-electron chi connectivity index (χ0n) is 14.1. The van der Waals surface area contributed by atoms with Gasteiger partial charge in [-0.3, -0.25) is 0 Å². The van der Waals surface area contributed by atoms with Gasteiger partial charge in [0.2, 0.25) is 0 Å². The van der Waals surface area contributed by atoms with Crippen molar-refractivity contribution in [2.75, 3.05) is 0 Å². The lowest BCUT2D eigenvalue weighted by molar-refractivity contribution is -0.703. The van der Waals surface area contributed by atoms with Gasteiger partial charge in [-0.15, -0.1) is 0 Å². The number of aromatic amines is 1. The van der Waals surface area contributed by atoms with Crippen LogP contribution in [0.1, 0.15) is 69.7 Å². The van der Waals surface area contributed by atoms with Crippen molar-refractivity contribution in [2.45, 2.75) is 71.3 Å². The minimum Gasteiger partial charge on any atom is -0.247 e. The standard InChI is InChI=1S/C20H30N2/c1-2-3-4-5-6-7-8-12-16-22-17-15-21-20(22)18-19-13-10-9-11-14-19/h9-11,13-15,17H,2-8,12,16,18H2,1H3/p+1. The van der Waals surface area contributed by atoms with Crippen LogP contribution in [0.4, 0.5) is 0 Å². The van der Waals surface area contributed by atoms with Crippen LogP contribution in [0.3, 0.4) is 0 Å². The van der Waals surface area contributed by atoms with Crippen molar-refractivity contribution in [3.8, 4) is 0 Å². The maximum atomic E-state index is 3.39. The molecule has 0 aliphatic carbocycles. The Kier molecular flexibility index (Phi) is 7.79. The second-order valence-electron chi connectivity index (χ2n) is 6.24. The largest absolute Gasteiger partial charge is 0.258 e. The molecule has 1 aromatic heterocycles. The Balaban J connectivity index is 1.65. The first-order valence-electron chi connectivity index (χ1n) is 8.99. The van der Waals surface area contributed by atoms with E-state index in [1.807, 2.05) is 0 Å². The van der Waals surface area contributed by atoms with E-state index in [1.165, 1.54) is 62.8 Å². The van der Waals surface area contributed by atoms with Gasteiger partial charge in [0.15, 0.2) is 0 Å². The van der Waals surface area contributed by atoms with Gasteiger partial charge in [0, 0.05) is 0 Å². The quantitative estimate of drug-likeness (QED) is 0.443. The highest BCUT2D eigenvalue weighted by Crippen LogP contribution is 2.09. The average Bonchev–Trinajstić information content (AvgIpc) is 2.98. The highest BCUT2D eigenvalue weighted by atomic mass is 15.1. The van der Waals surface area contributed by atoms with Gasteiger partial charge in [-0.25, -0.2) is 9.55 Å². The number of hydrogen-bond acceptors (Lipinski definition) is 0. The Labute approximate surface area is 135 Å². The summed E-state index contributed by atoms with van der Waals surface area (Å²) in [6.45, 7) is 3.42. The van der Waals surface area contributed by atoms with Gasteiger partial charge in [-0.2, -0.15) is 0 Å². The Morgan fingerprint density at radius 2 is 1.55 bits per heavy atom. The minimum atomic E-state index is 0.991. The number of nitrogens with one attached hydrogen (secondary N) is 1. The lowest BCUT2D eigenvalue weighted by atomic mass is 10.1. The predicted octanol–water partition coefficient (Wildman–Crippen LogP) is 5.03. The van der Waals surface area contributed by atoms with Gasteiger partial charge < -0.3 is 0 Å². The number of H-pyrrole nitrogens is 1. The van der Waals surface area contributed by atoms with Gasteiger partial charge in [-0.05, 0) is 18.4 Å². The van der Waals surface area contributed by atoms with Crippen LogP contribution in [0, 0.1) is 0 Å². The van der Waals surface area contributed by atoms with Crippen molar-refractivity contribution < 1.29 is 4.57 Å². The number of imidazole rings is 1. The molecule has 0 saturated heterocycles. The molecular weight excluding hydrogens is 268 g/mol. The average molecular weight is 299 g/mol. The Hall–Kier alpha value is -1.57. The molecule has 0 bridgehead atoms. The van der Waals surface area contributed by atoms with Crippen molar-refractivity contribution in [1.82, 2.24) is 4.98 Å². The molecule has 0 unspecified atom stereocenters. The van der Waals surface area contributed by atoms with Crippen molar-refractivity contribution in [3.05, 3.63) is 54.1 Å². The van der Waals surface area contributed by atoms with Gasteiger partial charge >= 0.3 is 0 Å². The van der Waals surface area contributed by atoms with Gasteiger partial charge in [0.1, 0.15) is 12.4 Å². The van der Waals surface area contributed by atoms with E-state index in [0.717, 1.165) is 13.0 Å². The molecule has 1 aromatic carbocycles. The zero-order valence-corrected chi connectivity index (χ0v) is 14.1. The van der Waals surface area contributed by atoms with Gasteiger partial charge in [0.05, 0.1) is 13.0 Å². The summed E-state index contributed by atoms with van der Waals surface area (Å²) in [4.78, 5) is 3.39. The van der Waals surface area contributed by atoms with E-state index in [-0.39, 0.29) is 0 Å². The molecule has 0 saturated carbocycles. The van der Waals surface area contributed by atoms with E-state index in [1.54, 1.807) is 0 Å². The zero-order chi connectivity index (χ0) is 15.5. The third-order valence-electron chi connectivity index (χ3n) is 4.32. The molecule has 2 nitrogen and oxygen atoms in total. The predicted molar refractivity (Wildman–Crippen MR) is 92.8 cm³/mol. The minimum absolute atomic E-state index is 0.991. The summed E-state index contributed by atoms with van der Waals surface area (Å²) >= 11 is 0. The van der Waals surface area contributed by atoms with Crippen molar-refractivity contribution in [1.29, 1.82) is 0 Å². The maximum absolute atomic E-state index is 3.39. The third-order valence-corrected chi connectivity index (χ3v) is 4.32. The van der Waals surface area contributed by atoms with Crippen LogP contribution in [0.2, 0.25) is 0 Å². The highest BCUT2D eigenvalue weighted by Gasteiger charge is 2.10. The summed E-state index contributed by atoms with van der Waals surface area (Å²) in [5.41, 5.74) is 1.37.